The summed E-state index contributed by atoms with van der Waals surface area (Å²) in [7, 11) is 0. The Kier molecular flexibility index (Phi) is 7.37. The summed E-state index contributed by atoms with van der Waals surface area (Å²) in [5, 5.41) is 0.685. The van der Waals surface area contributed by atoms with E-state index in [9.17, 15) is 4.79 Å². The minimum absolute atomic E-state index is 0.385. The zero-order chi connectivity index (χ0) is 25.1. The maximum Gasteiger partial charge on any atom is 0.344 e. The molecule has 0 N–H and O–H groups in total. The molecular formula is C29H19Br2ClN2O2. The lowest BCUT2D eigenvalue weighted by Gasteiger charge is -2.13. The van der Waals surface area contributed by atoms with Crippen LogP contribution in [0.15, 0.2) is 106 Å². The second-order valence-electron chi connectivity index (χ2n) is 8.03. The van der Waals surface area contributed by atoms with Crippen molar-refractivity contribution < 1.29 is 9.53 Å². The Morgan fingerprint density at radius 3 is 2.14 bits per heavy atom. The summed E-state index contributed by atoms with van der Waals surface area (Å²) in [5.74, 6) is 0.581. The Bertz CT molecular complexity index is 1590. The van der Waals surface area contributed by atoms with Crippen LogP contribution in [0.3, 0.4) is 0 Å². The molecule has 4 aromatic carbocycles. The molecule has 178 valence electrons. The third-order valence-corrected chi connectivity index (χ3v) is 7.27. The van der Waals surface area contributed by atoms with E-state index in [1.165, 1.54) is 0 Å². The highest BCUT2D eigenvalue weighted by Gasteiger charge is 2.18. The van der Waals surface area contributed by atoms with Gasteiger partial charge in [-0.1, -0.05) is 82.1 Å². The highest BCUT2D eigenvalue weighted by Crippen LogP contribution is 2.30. The van der Waals surface area contributed by atoms with Crippen molar-refractivity contribution in [1.82, 2.24) is 9.55 Å². The van der Waals surface area contributed by atoms with Crippen LogP contribution in [0, 0.1) is 0 Å². The first-order valence-electron chi connectivity index (χ1n) is 11.1. The zero-order valence-corrected chi connectivity index (χ0v) is 22.8. The number of esters is 1. The number of benzene rings is 4. The Balaban J connectivity index is 1.63. The molecule has 0 aliphatic carbocycles. The maximum absolute atomic E-state index is 13.2. The number of para-hydroxylation sites is 2. The van der Waals surface area contributed by atoms with Crippen molar-refractivity contribution in [3.8, 4) is 0 Å². The van der Waals surface area contributed by atoms with Gasteiger partial charge >= 0.3 is 5.97 Å². The smallest absolute Gasteiger partial charge is 0.344 e. The van der Waals surface area contributed by atoms with Crippen LogP contribution in [0.25, 0.3) is 22.9 Å². The van der Waals surface area contributed by atoms with E-state index in [4.69, 9.17) is 21.3 Å². The molecule has 0 fully saturated rings. The van der Waals surface area contributed by atoms with Crippen LogP contribution in [0.5, 0.6) is 0 Å². The number of halogens is 3. The summed E-state index contributed by atoms with van der Waals surface area (Å²) >= 11 is 13.1. The quantitative estimate of drug-likeness (QED) is 0.141. The Labute approximate surface area is 230 Å². The Hall–Kier alpha value is -3.19. The first-order chi connectivity index (χ1) is 17.5. The lowest BCUT2D eigenvalue weighted by Crippen LogP contribution is -2.07. The molecule has 0 amide bonds. The normalized spacial score (nSPS) is 11.6. The highest BCUT2D eigenvalue weighted by molar-refractivity contribution is 9.10. The summed E-state index contributed by atoms with van der Waals surface area (Å²) in [4.78, 5) is 18.0. The molecule has 0 saturated carbocycles. The van der Waals surface area contributed by atoms with E-state index >= 15 is 0 Å². The van der Waals surface area contributed by atoms with E-state index in [0.717, 1.165) is 26.6 Å². The number of carbonyl (C=O) groups is 1. The lowest BCUT2D eigenvalue weighted by molar-refractivity contribution is 0.0692. The standard InChI is InChI=1S/C29H19Br2ClN2O2/c30-23-9-3-1-7-21(23)27(36-29(35)22-8-2-4-10-24(22)31)17-28-33-25-11-5-6-12-26(25)34(28)18-19-13-15-20(32)16-14-19/h1-17H,18H2/b27-17+. The van der Waals surface area contributed by atoms with Gasteiger partial charge in [0.05, 0.1) is 16.6 Å². The fourth-order valence-electron chi connectivity index (χ4n) is 3.86. The predicted octanol–water partition coefficient (Wildman–Crippen LogP) is 8.62. The molecule has 5 aromatic rings. The summed E-state index contributed by atoms with van der Waals surface area (Å²) in [6, 6.07) is 30.5. The molecule has 1 heterocycles. The number of aromatic nitrogens is 2. The SMILES string of the molecule is O=C(O/C(=C/c1nc2ccccc2n1Cc1ccc(Cl)cc1)c1ccccc1Br)c1ccccc1Br. The van der Waals surface area contributed by atoms with Crippen molar-refractivity contribution in [2.24, 2.45) is 0 Å². The van der Waals surface area contributed by atoms with Crippen molar-refractivity contribution in [2.75, 3.05) is 0 Å². The molecule has 36 heavy (non-hydrogen) atoms. The van der Waals surface area contributed by atoms with Gasteiger partial charge in [0.25, 0.3) is 0 Å². The maximum atomic E-state index is 13.2. The average Bonchev–Trinajstić information content (AvgIpc) is 3.22. The van der Waals surface area contributed by atoms with Crippen LogP contribution in [0.1, 0.15) is 27.3 Å². The molecule has 5 rings (SSSR count). The van der Waals surface area contributed by atoms with Crippen LogP contribution < -0.4 is 0 Å². The number of carbonyl (C=O) groups excluding carboxylic acids is 1. The average molecular weight is 623 g/mol. The molecule has 0 radical (unpaired) electrons. The highest BCUT2D eigenvalue weighted by atomic mass is 79.9. The largest absolute Gasteiger partial charge is 0.422 e. The number of hydrogen-bond donors (Lipinski definition) is 0. The fourth-order valence-corrected chi connectivity index (χ4v) is 4.92. The summed E-state index contributed by atoms with van der Waals surface area (Å²) in [6.07, 6.45) is 1.81. The van der Waals surface area contributed by atoms with Gasteiger partial charge < -0.3 is 9.30 Å². The van der Waals surface area contributed by atoms with E-state index in [1.54, 1.807) is 12.1 Å². The van der Waals surface area contributed by atoms with Crippen molar-refractivity contribution in [3.05, 3.63) is 134 Å². The van der Waals surface area contributed by atoms with E-state index in [-0.39, 0.29) is 0 Å². The van der Waals surface area contributed by atoms with Crippen LogP contribution in [0.2, 0.25) is 5.02 Å². The van der Waals surface area contributed by atoms with E-state index < -0.39 is 5.97 Å². The van der Waals surface area contributed by atoms with E-state index in [1.807, 2.05) is 91.0 Å². The molecule has 0 saturated heterocycles. The van der Waals surface area contributed by atoms with Crippen molar-refractivity contribution in [3.63, 3.8) is 0 Å². The molecular weight excluding hydrogens is 604 g/mol. The first kappa shape index (κ1) is 24.5. The third-order valence-electron chi connectivity index (χ3n) is 5.63. The van der Waals surface area contributed by atoms with Gasteiger partial charge in [0.1, 0.15) is 11.6 Å². The van der Waals surface area contributed by atoms with E-state index in [0.29, 0.717) is 33.2 Å². The molecule has 0 unspecified atom stereocenters. The van der Waals surface area contributed by atoms with E-state index in [2.05, 4.69) is 36.4 Å². The fraction of sp³-hybridized carbons (Fsp3) is 0.0345. The van der Waals surface area contributed by atoms with Crippen LogP contribution in [-0.2, 0) is 11.3 Å². The second kappa shape index (κ2) is 10.8. The monoisotopic (exact) mass is 620 g/mol. The van der Waals surface area contributed by atoms with Crippen LogP contribution in [-0.4, -0.2) is 15.5 Å². The Morgan fingerprint density at radius 2 is 1.44 bits per heavy atom. The molecule has 4 nitrogen and oxygen atoms in total. The molecule has 7 heteroatoms. The van der Waals surface area contributed by atoms with Gasteiger partial charge in [0.15, 0.2) is 0 Å². The summed E-state index contributed by atoms with van der Waals surface area (Å²) in [6.45, 7) is 0.574. The van der Waals surface area contributed by atoms with Crippen molar-refractivity contribution in [1.29, 1.82) is 0 Å². The molecule has 0 bridgehead atoms. The topological polar surface area (TPSA) is 44.1 Å². The van der Waals surface area contributed by atoms with Gasteiger partial charge in [0, 0.05) is 32.2 Å². The molecule has 0 atom stereocenters. The van der Waals surface area contributed by atoms with Gasteiger partial charge in [-0.15, -0.1) is 0 Å². The van der Waals surface area contributed by atoms with Gasteiger partial charge in [-0.2, -0.15) is 0 Å². The van der Waals surface area contributed by atoms with Crippen molar-refractivity contribution >= 4 is 72.3 Å². The molecule has 1 aromatic heterocycles. The zero-order valence-electron chi connectivity index (χ0n) is 18.9. The number of hydrogen-bond acceptors (Lipinski definition) is 3. The third kappa shape index (κ3) is 5.31. The number of fused-ring (bicyclic) bond motifs is 1. The summed E-state index contributed by atoms with van der Waals surface area (Å²) < 4.78 is 9.56. The van der Waals surface area contributed by atoms with Gasteiger partial charge in [-0.3, -0.25) is 0 Å². The molecule has 0 aliphatic heterocycles. The van der Waals surface area contributed by atoms with Gasteiger partial charge in [-0.25, -0.2) is 9.78 Å². The number of ether oxygens (including phenoxy) is 1. The molecule has 0 spiro atoms. The second-order valence-corrected chi connectivity index (χ2v) is 10.2. The summed E-state index contributed by atoms with van der Waals surface area (Å²) in [5.41, 5.74) is 4.07. The molecule has 0 aliphatic rings. The van der Waals surface area contributed by atoms with Crippen LogP contribution in [0.4, 0.5) is 0 Å². The van der Waals surface area contributed by atoms with Gasteiger partial charge in [-0.05, 0) is 64.0 Å². The minimum Gasteiger partial charge on any atom is -0.422 e. The predicted molar refractivity (Wildman–Crippen MR) is 152 cm³/mol. The Morgan fingerprint density at radius 1 is 0.833 bits per heavy atom. The lowest BCUT2D eigenvalue weighted by atomic mass is 10.1. The van der Waals surface area contributed by atoms with Crippen molar-refractivity contribution in [2.45, 2.75) is 6.54 Å². The first-order valence-corrected chi connectivity index (χ1v) is 13.1. The minimum atomic E-state index is -0.468. The number of imidazole rings is 1. The van der Waals surface area contributed by atoms with Crippen LogP contribution >= 0.6 is 43.5 Å². The van der Waals surface area contributed by atoms with Gasteiger partial charge in [0.2, 0.25) is 0 Å². The number of nitrogens with zero attached hydrogens (tertiary/aromatic N) is 2. The number of rotatable bonds is 6.